The van der Waals surface area contributed by atoms with Crippen LogP contribution in [0.25, 0.3) is 0 Å². The Bertz CT molecular complexity index is 1190. The number of fused-ring (bicyclic) bond motifs is 3. The molecule has 3 aliphatic rings. The van der Waals surface area contributed by atoms with Crippen molar-refractivity contribution in [1.82, 2.24) is 14.5 Å². The third kappa shape index (κ3) is 4.22. The van der Waals surface area contributed by atoms with Gasteiger partial charge in [-0.3, -0.25) is 4.79 Å². The first-order valence-corrected chi connectivity index (χ1v) is 12.3. The molecule has 0 N–H and O–H groups in total. The SMILES string of the molecule is CCOC(=O)N1CC2(C1)C(=O)N(Cc1nc3c(n1CCCC(F)(F)F)CCCC3)c1cc(F)ccc12. The maximum Gasteiger partial charge on any atom is 0.409 e. The highest BCUT2D eigenvalue weighted by atomic mass is 19.4. The van der Waals surface area contributed by atoms with Crippen LogP contribution in [0.3, 0.4) is 0 Å². The molecule has 0 atom stereocenters. The number of nitrogens with zero attached hydrogens (tertiary/aromatic N) is 4. The van der Waals surface area contributed by atoms with Gasteiger partial charge in [0.25, 0.3) is 0 Å². The van der Waals surface area contributed by atoms with Crippen LogP contribution in [0.1, 0.15) is 55.4 Å². The van der Waals surface area contributed by atoms with E-state index in [-0.39, 0.29) is 45.1 Å². The van der Waals surface area contributed by atoms with E-state index < -0.39 is 29.9 Å². The molecule has 2 aliphatic heterocycles. The summed E-state index contributed by atoms with van der Waals surface area (Å²) in [6.07, 6.45) is -2.39. The Balaban J connectivity index is 1.45. The predicted molar refractivity (Wildman–Crippen MR) is 122 cm³/mol. The Labute approximate surface area is 206 Å². The molecule has 11 heteroatoms. The van der Waals surface area contributed by atoms with Crippen molar-refractivity contribution in [3.05, 3.63) is 46.8 Å². The number of halogens is 4. The lowest BCUT2D eigenvalue weighted by molar-refractivity contribution is -0.136. The van der Waals surface area contributed by atoms with Crippen LogP contribution in [0.4, 0.5) is 28.0 Å². The Kier molecular flexibility index (Phi) is 6.20. The number of ether oxygens (including phenoxy) is 1. The molecule has 194 valence electrons. The van der Waals surface area contributed by atoms with Crippen LogP contribution < -0.4 is 4.90 Å². The molecule has 1 aromatic carbocycles. The first kappa shape index (κ1) is 24.6. The van der Waals surface area contributed by atoms with E-state index in [1.54, 1.807) is 13.0 Å². The van der Waals surface area contributed by atoms with Crippen LogP contribution >= 0.6 is 0 Å². The smallest absolute Gasteiger partial charge is 0.409 e. The second-order valence-corrected chi connectivity index (χ2v) is 9.69. The summed E-state index contributed by atoms with van der Waals surface area (Å²) in [6, 6.07) is 4.17. The minimum atomic E-state index is -4.25. The lowest BCUT2D eigenvalue weighted by Gasteiger charge is -2.45. The topological polar surface area (TPSA) is 67.7 Å². The Morgan fingerprint density at radius 3 is 2.67 bits per heavy atom. The number of carbonyl (C=O) groups is 2. The summed E-state index contributed by atoms with van der Waals surface area (Å²) in [4.78, 5) is 33.5. The summed E-state index contributed by atoms with van der Waals surface area (Å²) in [7, 11) is 0. The molecule has 5 rings (SSSR count). The fourth-order valence-electron chi connectivity index (χ4n) is 5.65. The number of aromatic nitrogens is 2. The van der Waals surface area contributed by atoms with E-state index in [0.717, 1.165) is 37.1 Å². The van der Waals surface area contributed by atoms with Crippen molar-refractivity contribution in [2.45, 2.75) is 70.1 Å². The number of likely N-dealkylation sites (tertiary alicyclic amines) is 1. The second kappa shape index (κ2) is 9.08. The zero-order chi connectivity index (χ0) is 25.7. The van der Waals surface area contributed by atoms with E-state index in [1.165, 1.54) is 21.9 Å². The summed E-state index contributed by atoms with van der Waals surface area (Å²) < 4.78 is 59.6. The van der Waals surface area contributed by atoms with Gasteiger partial charge in [-0.25, -0.2) is 14.2 Å². The molecular weight excluding hydrogens is 480 g/mol. The third-order valence-corrected chi connectivity index (χ3v) is 7.32. The summed E-state index contributed by atoms with van der Waals surface area (Å²) in [5.41, 5.74) is 1.83. The molecule has 36 heavy (non-hydrogen) atoms. The van der Waals surface area contributed by atoms with Gasteiger partial charge in [0.2, 0.25) is 5.91 Å². The van der Waals surface area contributed by atoms with Gasteiger partial charge < -0.3 is 19.1 Å². The van der Waals surface area contributed by atoms with Crippen molar-refractivity contribution in [1.29, 1.82) is 0 Å². The highest BCUT2D eigenvalue weighted by Crippen LogP contribution is 2.48. The van der Waals surface area contributed by atoms with Gasteiger partial charge in [-0.1, -0.05) is 6.07 Å². The molecule has 0 bridgehead atoms. The van der Waals surface area contributed by atoms with Gasteiger partial charge >= 0.3 is 12.3 Å². The van der Waals surface area contributed by atoms with Crippen molar-refractivity contribution in [2.75, 3.05) is 24.6 Å². The standard InChI is InChI=1S/C25H28F4N4O3/c1-2-36-23(35)31-14-24(15-31)17-9-8-16(26)12-20(17)33(22(24)34)13-21-30-18-6-3-4-7-19(18)32(21)11-5-10-25(27,28)29/h8-9,12H,2-7,10-11,13-15H2,1H3. The van der Waals surface area contributed by atoms with Crippen molar-refractivity contribution < 1.29 is 31.9 Å². The molecule has 1 spiro atoms. The number of imidazole rings is 1. The van der Waals surface area contributed by atoms with Crippen molar-refractivity contribution in [2.24, 2.45) is 0 Å². The number of carbonyl (C=O) groups excluding carboxylic acids is 2. The maximum absolute atomic E-state index is 14.3. The molecule has 7 nitrogen and oxygen atoms in total. The highest BCUT2D eigenvalue weighted by Gasteiger charge is 2.59. The molecule has 1 fully saturated rings. The Hall–Kier alpha value is -3.11. The number of hydrogen-bond acceptors (Lipinski definition) is 4. The number of amides is 2. The normalized spacial score (nSPS) is 18.3. The Morgan fingerprint density at radius 1 is 1.19 bits per heavy atom. The van der Waals surface area contributed by atoms with Crippen LogP contribution in [-0.2, 0) is 40.9 Å². The van der Waals surface area contributed by atoms with Gasteiger partial charge in [0.1, 0.15) is 17.1 Å². The number of rotatable bonds is 6. The summed E-state index contributed by atoms with van der Waals surface area (Å²) in [5, 5.41) is 0. The Morgan fingerprint density at radius 2 is 1.94 bits per heavy atom. The number of hydrogen-bond donors (Lipinski definition) is 0. The zero-order valence-electron chi connectivity index (χ0n) is 20.0. The third-order valence-electron chi connectivity index (χ3n) is 7.32. The van der Waals surface area contributed by atoms with E-state index in [4.69, 9.17) is 9.72 Å². The number of alkyl halides is 3. The monoisotopic (exact) mass is 508 g/mol. The minimum absolute atomic E-state index is 0.0233. The molecule has 0 unspecified atom stereocenters. The van der Waals surface area contributed by atoms with E-state index in [1.807, 2.05) is 4.57 Å². The summed E-state index contributed by atoms with van der Waals surface area (Å²) >= 11 is 0. The molecule has 1 aromatic heterocycles. The first-order valence-electron chi connectivity index (χ1n) is 12.3. The molecular formula is C25H28F4N4O3. The first-order chi connectivity index (χ1) is 17.1. The van der Waals surface area contributed by atoms with Gasteiger partial charge in [-0.05, 0) is 56.7 Å². The number of benzene rings is 1. The van der Waals surface area contributed by atoms with Gasteiger partial charge in [-0.15, -0.1) is 0 Å². The average Bonchev–Trinajstić information content (AvgIpc) is 3.25. The highest BCUT2D eigenvalue weighted by molar-refractivity contribution is 6.09. The molecule has 3 heterocycles. The van der Waals surface area contributed by atoms with Crippen LogP contribution in [0.2, 0.25) is 0 Å². The second-order valence-electron chi connectivity index (χ2n) is 9.69. The van der Waals surface area contributed by atoms with Gasteiger partial charge in [0, 0.05) is 31.7 Å². The largest absolute Gasteiger partial charge is 0.450 e. The summed E-state index contributed by atoms with van der Waals surface area (Å²) in [6.45, 7) is 2.33. The van der Waals surface area contributed by atoms with E-state index in [0.29, 0.717) is 17.1 Å². The minimum Gasteiger partial charge on any atom is -0.450 e. The number of aryl methyl sites for hydroxylation is 1. The quantitative estimate of drug-likeness (QED) is 0.539. The molecule has 2 amide bonds. The fraction of sp³-hybridized carbons (Fsp3) is 0.560. The van der Waals surface area contributed by atoms with Gasteiger partial charge in [0.15, 0.2) is 0 Å². The van der Waals surface area contributed by atoms with Crippen LogP contribution in [-0.4, -0.2) is 52.3 Å². The zero-order valence-corrected chi connectivity index (χ0v) is 20.0. The molecule has 0 radical (unpaired) electrons. The summed E-state index contributed by atoms with van der Waals surface area (Å²) in [5.74, 6) is -0.268. The van der Waals surface area contributed by atoms with E-state index >= 15 is 0 Å². The lowest BCUT2D eigenvalue weighted by atomic mass is 9.75. The molecule has 1 saturated heterocycles. The van der Waals surface area contributed by atoms with Crippen LogP contribution in [0.5, 0.6) is 0 Å². The molecule has 1 aliphatic carbocycles. The van der Waals surface area contributed by atoms with Crippen LogP contribution in [0, 0.1) is 5.82 Å². The van der Waals surface area contributed by atoms with E-state index in [2.05, 4.69) is 0 Å². The molecule has 0 saturated carbocycles. The van der Waals surface area contributed by atoms with Gasteiger partial charge in [0.05, 0.1) is 24.5 Å². The lowest BCUT2D eigenvalue weighted by Crippen LogP contribution is -2.65. The molecule has 2 aromatic rings. The fourth-order valence-corrected chi connectivity index (χ4v) is 5.65. The van der Waals surface area contributed by atoms with Gasteiger partial charge in [-0.2, -0.15) is 13.2 Å². The van der Waals surface area contributed by atoms with Crippen molar-refractivity contribution in [3.63, 3.8) is 0 Å². The predicted octanol–water partition coefficient (Wildman–Crippen LogP) is 4.50. The maximum atomic E-state index is 14.3. The van der Waals surface area contributed by atoms with Crippen molar-refractivity contribution >= 4 is 17.7 Å². The average molecular weight is 509 g/mol. The van der Waals surface area contributed by atoms with Crippen molar-refractivity contribution in [3.8, 4) is 0 Å². The van der Waals surface area contributed by atoms with Crippen LogP contribution in [0.15, 0.2) is 18.2 Å². The number of anilines is 1. The van der Waals surface area contributed by atoms with E-state index in [9.17, 15) is 27.2 Å².